The van der Waals surface area contributed by atoms with E-state index in [0.717, 1.165) is 0 Å². The lowest BCUT2D eigenvalue weighted by Crippen LogP contribution is -2.25. The van der Waals surface area contributed by atoms with Crippen LogP contribution in [0.4, 0.5) is 0 Å². The Morgan fingerprint density at radius 1 is 1.37 bits per heavy atom. The predicted octanol–water partition coefficient (Wildman–Crippen LogP) is 0.622. The maximum absolute atomic E-state index is 12.2. The van der Waals surface area contributed by atoms with Gasteiger partial charge in [0.05, 0.1) is 18.4 Å². The molecule has 0 saturated carbocycles. The lowest BCUT2D eigenvalue weighted by Gasteiger charge is -2.03. The molecule has 3 aromatic rings. The van der Waals surface area contributed by atoms with Crippen LogP contribution in [0.5, 0.6) is 0 Å². The van der Waals surface area contributed by atoms with E-state index in [1.54, 1.807) is 25.2 Å². The van der Waals surface area contributed by atoms with E-state index in [2.05, 4.69) is 20.4 Å². The van der Waals surface area contributed by atoms with E-state index in [1.165, 1.54) is 15.6 Å². The van der Waals surface area contributed by atoms with E-state index in [9.17, 15) is 4.79 Å². The van der Waals surface area contributed by atoms with E-state index < -0.39 is 0 Å². The molecule has 7 nitrogen and oxygen atoms in total. The second kappa shape index (κ2) is 4.43. The first-order valence-electron chi connectivity index (χ1n) is 5.52. The van der Waals surface area contributed by atoms with Gasteiger partial charge < -0.3 is 0 Å². The molecule has 0 bridgehead atoms. The minimum atomic E-state index is -0.250. The molecule has 0 spiro atoms. The SMILES string of the molecule is Cn1ncc2c(=O)n(Cc3cccc(Cl)n3)nnc21. The average Bonchev–Trinajstić information content (AvgIpc) is 2.76. The van der Waals surface area contributed by atoms with Gasteiger partial charge in [-0.05, 0) is 12.1 Å². The molecule has 0 amide bonds. The van der Waals surface area contributed by atoms with E-state index in [0.29, 0.717) is 21.9 Å². The first kappa shape index (κ1) is 11.8. The van der Waals surface area contributed by atoms with Crippen LogP contribution in [0.15, 0.2) is 29.2 Å². The molecule has 0 unspecified atom stereocenters. The maximum Gasteiger partial charge on any atom is 0.281 e. The molecule has 19 heavy (non-hydrogen) atoms. The fourth-order valence-corrected chi connectivity index (χ4v) is 1.95. The summed E-state index contributed by atoms with van der Waals surface area (Å²) in [5.74, 6) is 0. The van der Waals surface area contributed by atoms with Gasteiger partial charge in [-0.2, -0.15) is 5.10 Å². The molecule has 3 rings (SSSR count). The van der Waals surface area contributed by atoms with Crippen LogP contribution in [0.3, 0.4) is 0 Å². The van der Waals surface area contributed by atoms with Gasteiger partial charge >= 0.3 is 0 Å². The third-order valence-corrected chi connectivity index (χ3v) is 2.91. The molecule has 0 fully saturated rings. The standard InChI is InChI=1S/C11H9ClN6O/c1-17-10-8(5-13-17)11(19)18(16-15-10)6-7-3-2-4-9(12)14-7/h2-5H,6H2,1H3. The minimum Gasteiger partial charge on any atom is -0.267 e. The van der Waals surface area contributed by atoms with E-state index in [-0.39, 0.29) is 12.1 Å². The highest BCUT2D eigenvalue weighted by Crippen LogP contribution is 2.06. The Labute approximate surface area is 112 Å². The van der Waals surface area contributed by atoms with E-state index in [4.69, 9.17) is 11.6 Å². The van der Waals surface area contributed by atoms with Crippen LogP contribution in [0.25, 0.3) is 11.0 Å². The number of hydrogen-bond acceptors (Lipinski definition) is 5. The summed E-state index contributed by atoms with van der Waals surface area (Å²) in [5.41, 5.74) is 0.854. The molecule has 0 aliphatic rings. The fourth-order valence-electron chi connectivity index (χ4n) is 1.77. The molecule has 0 aliphatic carbocycles. The zero-order valence-electron chi connectivity index (χ0n) is 9.99. The lowest BCUT2D eigenvalue weighted by atomic mass is 10.3. The summed E-state index contributed by atoms with van der Waals surface area (Å²) in [6, 6.07) is 5.21. The minimum absolute atomic E-state index is 0.219. The second-order valence-corrected chi connectivity index (χ2v) is 4.40. The van der Waals surface area contributed by atoms with Crippen molar-refractivity contribution in [1.29, 1.82) is 0 Å². The predicted molar refractivity (Wildman–Crippen MR) is 68.9 cm³/mol. The molecular formula is C11H9ClN6O. The number of halogens is 1. The number of fused-ring (bicyclic) bond motifs is 1. The van der Waals surface area contributed by atoms with E-state index >= 15 is 0 Å². The summed E-state index contributed by atoms with van der Waals surface area (Å²) in [4.78, 5) is 16.3. The highest BCUT2D eigenvalue weighted by molar-refractivity contribution is 6.29. The van der Waals surface area contributed by atoms with Crippen LogP contribution in [-0.4, -0.2) is 29.8 Å². The lowest BCUT2D eigenvalue weighted by molar-refractivity contribution is 0.587. The van der Waals surface area contributed by atoms with Crippen molar-refractivity contribution in [2.75, 3.05) is 0 Å². The first-order chi connectivity index (χ1) is 9.15. The highest BCUT2D eigenvalue weighted by atomic mass is 35.5. The second-order valence-electron chi connectivity index (χ2n) is 4.01. The van der Waals surface area contributed by atoms with E-state index in [1.807, 2.05) is 0 Å². The van der Waals surface area contributed by atoms with Gasteiger partial charge in [0.25, 0.3) is 5.56 Å². The Morgan fingerprint density at radius 3 is 3.00 bits per heavy atom. The normalized spacial score (nSPS) is 11.1. The highest BCUT2D eigenvalue weighted by Gasteiger charge is 2.10. The van der Waals surface area contributed by atoms with Crippen molar-refractivity contribution < 1.29 is 0 Å². The zero-order chi connectivity index (χ0) is 13.4. The topological polar surface area (TPSA) is 78.5 Å². The van der Waals surface area contributed by atoms with Crippen molar-refractivity contribution >= 4 is 22.6 Å². The number of aryl methyl sites for hydroxylation is 1. The van der Waals surface area contributed by atoms with Crippen LogP contribution in [0.2, 0.25) is 5.15 Å². The quantitative estimate of drug-likeness (QED) is 0.641. The summed E-state index contributed by atoms with van der Waals surface area (Å²) >= 11 is 5.80. The van der Waals surface area contributed by atoms with Crippen LogP contribution < -0.4 is 5.56 Å². The summed E-state index contributed by atoms with van der Waals surface area (Å²) in [6.07, 6.45) is 1.48. The van der Waals surface area contributed by atoms with Gasteiger partial charge in [0.15, 0.2) is 5.65 Å². The Bertz CT molecular complexity index is 808. The Morgan fingerprint density at radius 2 is 2.21 bits per heavy atom. The fraction of sp³-hybridized carbons (Fsp3) is 0.182. The van der Waals surface area contributed by atoms with Crippen molar-refractivity contribution in [3.05, 3.63) is 45.6 Å². The number of hydrogen-bond donors (Lipinski definition) is 0. The number of pyridine rings is 1. The largest absolute Gasteiger partial charge is 0.281 e. The summed E-state index contributed by atoms with van der Waals surface area (Å²) in [5, 5.41) is 12.6. The van der Waals surface area contributed by atoms with Gasteiger partial charge in [-0.3, -0.25) is 4.79 Å². The van der Waals surface area contributed by atoms with Gasteiger partial charge in [0.1, 0.15) is 10.5 Å². The van der Waals surface area contributed by atoms with Crippen molar-refractivity contribution in [2.24, 2.45) is 7.05 Å². The smallest absolute Gasteiger partial charge is 0.267 e. The molecule has 0 atom stereocenters. The third kappa shape index (κ3) is 2.08. The van der Waals surface area contributed by atoms with Crippen LogP contribution in [-0.2, 0) is 13.6 Å². The zero-order valence-corrected chi connectivity index (χ0v) is 10.7. The molecule has 3 heterocycles. The number of nitrogens with zero attached hydrogens (tertiary/aromatic N) is 6. The van der Waals surface area contributed by atoms with Crippen LogP contribution in [0.1, 0.15) is 5.69 Å². The van der Waals surface area contributed by atoms with Gasteiger partial charge in [0.2, 0.25) is 0 Å². The molecule has 0 aliphatic heterocycles. The van der Waals surface area contributed by atoms with Crippen LogP contribution in [0, 0.1) is 0 Å². The van der Waals surface area contributed by atoms with Gasteiger partial charge in [0, 0.05) is 7.05 Å². The summed E-state index contributed by atoms with van der Waals surface area (Å²) in [7, 11) is 1.71. The molecule has 0 aromatic carbocycles. The van der Waals surface area contributed by atoms with Crippen molar-refractivity contribution in [2.45, 2.75) is 6.54 Å². The maximum atomic E-state index is 12.2. The summed E-state index contributed by atoms with van der Waals surface area (Å²) < 4.78 is 2.74. The number of aromatic nitrogens is 6. The average molecular weight is 277 g/mol. The molecule has 0 saturated heterocycles. The van der Waals surface area contributed by atoms with Gasteiger partial charge in [-0.1, -0.05) is 22.9 Å². The monoisotopic (exact) mass is 276 g/mol. The molecule has 3 aromatic heterocycles. The first-order valence-corrected chi connectivity index (χ1v) is 5.90. The summed E-state index contributed by atoms with van der Waals surface area (Å²) in [6.45, 7) is 0.219. The van der Waals surface area contributed by atoms with Crippen molar-refractivity contribution in [1.82, 2.24) is 29.8 Å². The van der Waals surface area contributed by atoms with Crippen molar-refractivity contribution in [3.8, 4) is 0 Å². The molecule has 0 N–H and O–H groups in total. The Balaban J connectivity index is 2.06. The third-order valence-electron chi connectivity index (χ3n) is 2.70. The molecule has 96 valence electrons. The molecular weight excluding hydrogens is 268 g/mol. The van der Waals surface area contributed by atoms with Gasteiger partial charge in [-0.15, -0.1) is 5.10 Å². The van der Waals surface area contributed by atoms with Crippen LogP contribution >= 0.6 is 11.6 Å². The number of rotatable bonds is 2. The van der Waals surface area contributed by atoms with Crippen molar-refractivity contribution in [3.63, 3.8) is 0 Å². The Kier molecular flexibility index (Phi) is 2.75. The molecule has 8 heteroatoms. The Hall–Kier alpha value is -2.28. The van der Waals surface area contributed by atoms with Gasteiger partial charge in [-0.25, -0.2) is 14.3 Å². The molecule has 0 radical (unpaired) electrons.